The lowest BCUT2D eigenvalue weighted by Gasteiger charge is -2.10. The summed E-state index contributed by atoms with van der Waals surface area (Å²) in [6.45, 7) is 3.55. The number of aromatic hydroxyl groups is 2. The molecular weight excluding hydrogens is 276 g/mol. The zero-order chi connectivity index (χ0) is 15.6. The van der Waals surface area contributed by atoms with Gasteiger partial charge in [-0.25, -0.2) is 4.79 Å². The van der Waals surface area contributed by atoms with Crippen molar-refractivity contribution in [3.8, 4) is 11.5 Å². The minimum Gasteiger partial charge on any atom is -0.504 e. The van der Waals surface area contributed by atoms with Gasteiger partial charge in [-0.1, -0.05) is 6.08 Å². The van der Waals surface area contributed by atoms with Crippen LogP contribution in [0.25, 0.3) is 11.0 Å². The summed E-state index contributed by atoms with van der Waals surface area (Å²) in [4.78, 5) is 23.1. The second-order valence-corrected chi connectivity index (χ2v) is 4.44. The Hall–Kier alpha value is -2.76. The van der Waals surface area contributed by atoms with Crippen LogP contribution in [-0.2, 0) is 22.4 Å². The fourth-order valence-electron chi connectivity index (χ4n) is 2.11. The largest absolute Gasteiger partial charge is 0.504 e. The Labute approximate surface area is 119 Å². The van der Waals surface area contributed by atoms with E-state index in [0.29, 0.717) is 10.9 Å². The van der Waals surface area contributed by atoms with Crippen molar-refractivity contribution >= 4 is 16.9 Å². The van der Waals surface area contributed by atoms with Crippen molar-refractivity contribution in [2.45, 2.75) is 12.8 Å². The van der Waals surface area contributed by atoms with E-state index in [2.05, 4.69) is 11.3 Å². The van der Waals surface area contributed by atoms with E-state index >= 15 is 0 Å². The Morgan fingerprint density at radius 1 is 1.43 bits per heavy atom. The Morgan fingerprint density at radius 2 is 2.14 bits per heavy atom. The number of allylic oxidation sites excluding steroid dienone is 1. The summed E-state index contributed by atoms with van der Waals surface area (Å²) in [5.41, 5.74) is 0.0611. The second-order valence-electron chi connectivity index (χ2n) is 4.44. The lowest BCUT2D eigenvalue weighted by molar-refractivity contribution is -0.139. The predicted molar refractivity (Wildman–Crippen MR) is 75.4 cm³/mol. The molecular formula is C15H14O6. The van der Waals surface area contributed by atoms with Gasteiger partial charge >= 0.3 is 11.6 Å². The van der Waals surface area contributed by atoms with Gasteiger partial charge in [0.25, 0.3) is 0 Å². The molecule has 0 fully saturated rings. The molecule has 0 aliphatic heterocycles. The molecule has 6 heteroatoms. The molecule has 2 rings (SSSR count). The molecule has 0 aliphatic carbocycles. The lowest BCUT2D eigenvalue weighted by Crippen LogP contribution is -2.09. The normalized spacial score (nSPS) is 10.5. The van der Waals surface area contributed by atoms with Gasteiger partial charge in [0.15, 0.2) is 11.5 Å². The first-order chi connectivity index (χ1) is 9.97. The van der Waals surface area contributed by atoms with Crippen molar-refractivity contribution in [1.29, 1.82) is 0 Å². The van der Waals surface area contributed by atoms with Gasteiger partial charge in [0.1, 0.15) is 5.58 Å². The molecule has 0 unspecified atom stereocenters. The highest BCUT2D eigenvalue weighted by atomic mass is 16.5. The lowest BCUT2D eigenvalue weighted by atomic mass is 10.0. The summed E-state index contributed by atoms with van der Waals surface area (Å²) in [5.74, 6) is -1.26. The van der Waals surface area contributed by atoms with E-state index in [-0.39, 0.29) is 35.5 Å². The van der Waals surface area contributed by atoms with Crippen LogP contribution in [0.4, 0.5) is 0 Å². The quantitative estimate of drug-likeness (QED) is 0.384. The SMILES string of the molecule is C=CCc1c(O)c(O)cc2c(CC(=O)OC)cc(=O)oc12. The third-order valence-electron chi connectivity index (χ3n) is 3.08. The third-order valence-corrected chi connectivity index (χ3v) is 3.08. The Kier molecular flexibility index (Phi) is 3.98. The summed E-state index contributed by atoms with van der Waals surface area (Å²) in [6, 6.07) is 2.41. The maximum Gasteiger partial charge on any atom is 0.336 e. The summed E-state index contributed by atoms with van der Waals surface area (Å²) in [6.07, 6.45) is 1.55. The zero-order valence-electron chi connectivity index (χ0n) is 11.4. The van der Waals surface area contributed by atoms with Crippen molar-refractivity contribution in [2.75, 3.05) is 7.11 Å². The topological polar surface area (TPSA) is 97.0 Å². The molecule has 0 atom stereocenters. The maximum absolute atomic E-state index is 11.6. The Morgan fingerprint density at radius 3 is 2.76 bits per heavy atom. The van der Waals surface area contributed by atoms with Gasteiger partial charge in [0.2, 0.25) is 0 Å². The average molecular weight is 290 g/mol. The second kappa shape index (κ2) is 5.70. The van der Waals surface area contributed by atoms with E-state index in [1.165, 1.54) is 19.3 Å². The van der Waals surface area contributed by atoms with Gasteiger partial charge in [0.05, 0.1) is 13.5 Å². The third kappa shape index (κ3) is 2.74. The van der Waals surface area contributed by atoms with Crippen molar-refractivity contribution in [1.82, 2.24) is 0 Å². The summed E-state index contributed by atoms with van der Waals surface area (Å²) in [7, 11) is 1.24. The molecule has 2 aromatic rings. The van der Waals surface area contributed by atoms with Crippen LogP contribution in [0.1, 0.15) is 11.1 Å². The van der Waals surface area contributed by atoms with Crippen LogP contribution < -0.4 is 5.63 Å². The highest BCUT2D eigenvalue weighted by Crippen LogP contribution is 2.37. The standard InChI is InChI=1S/C15H14O6/c1-3-4-9-14(19)11(16)7-10-8(5-12(17)20-2)6-13(18)21-15(9)10/h3,6-7,16,19H,1,4-5H2,2H3. The number of methoxy groups -OCH3 is 1. The molecule has 0 spiro atoms. The van der Waals surface area contributed by atoms with E-state index in [1.54, 1.807) is 0 Å². The van der Waals surface area contributed by atoms with Crippen LogP contribution in [0, 0.1) is 0 Å². The highest BCUT2D eigenvalue weighted by Gasteiger charge is 2.18. The highest BCUT2D eigenvalue weighted by molar-refractivity contribution is 5.90. The van der Waals surface area contributed by atoms with Gasteiger partial charge in [0, 0.05) is 17.0 Å². The van der Waals surface area contributed by atoms with Crippen molar-refractivity contribution in [2.24, 2.45) is 0 Å². The summed E-state index contributed by atoms with van der Waals surface area (Å²) >= 11 is 0. The Balaban J connectivity index is 2.80. The van der Waals surface area contributed by atoms with Crippen molar-refractivity contribution in [3.05, 3.63) is 46.3 Å². The zero-order valence-corrected chi connectivity index (χ0v) is 11.4. The molecule has 1 aromatic heterocycles. The monoisotopic (exact) mass is 290 g/mol. The van der Waals surface area contributed by atoms with Crippen LogP contribution in [0.2, 0.25) is 0 Å². The molecule has 2 N–H and O–H groups in total. The number of esters is 1. The molecule has 0 bridgehead atoms. The number of hydrogen-bond donors (Lipinski definition) is 2. The van der Waals surface area contributed by atoms with Crippen LogP contribution >= 0.6 is 0 Å². The van der Waals surface area contributed by atoms with Crippen LogP contribution in [0.5, 0.6) is 11.5 Å². The first-order valence-electron chi connectivity index (χ1n) is 6.16. The molecule has 0 aliphatic rings. The fourth-order valence-corrected chi connectivity index (χ4v) is 2.11. The first kappa shape index (κ1) is 14.6. The van der Waals surface area contributed by atoms with E-state index in [4.69, 9.17) is 4.42 Å². The molecule has 6 nitrogen and oxygen atoms in total. The summed E-state index contributed by atoms with van der Waals surface area (Å²) in [5, 5.41) is 20.0. The minimum absolute atomic E-state index is 0.122. The number of carbonyl (C=O) groups excluding carboxylic acids is 1. The molecule has 1 heterocycles. The van der Waals surface area contributed by atoms with Crippen LogP contribution in [-0.4, -0.2) is 23.3 Å². The maximum atomic E-state index is 11.6. The smallest absolute Gasteiger partial charge is 0.336 e. The molecule has 0 saturated carbocycles. The number of rotatable bonds is 4. The molecule has 1 aromatic carbocycles. The molecule has 21 heavy (non-hydrogen) atoms. The van der Waals surface area contributed by atoms with E-state index < -0.39 is 11.6 Å². The number of fused-ring (bicyclic) bond motifs is 1. The number of ether oxygens (including phenoxy) is 1. The summed E-state index contributed by atoms with van der Waals surface area (Å²) < 4.78 is 9.69. The molecule has 0 radical (unpaired) electrons. The van der Waals surface area contributed by atoms with Crippen molar-refractivity contribution in [3.63, 3.8) is 0 Å². The average Bonchev–Trinajstić information content (AvgIpc) is 2.45. The van der Waals surface area contributed by atoms with Gasteiger partial charge in [-0.3, -0.25) is 4.79 Å². The van der Waals surface area contributed by atoms with Crippen LogP contribution in [0.15, 0.2) is 34.0 Å². The number of phenols is 2. The first-order valence-corrected chi connectivity index (χ1v) is 6.16. The number of carbonyl (C=O) groups is 1. The van der Waals surface area contributed by atoms with Gasteiger partial charge in [-0.2, -0.15) is 0 Å². The molecule has 0 amide bonds. The number of phenolic OH excluding ortho intramolecular Hbond substituents is 2. The van der Waals surface area contributed by atoms with E-state index in [1.807, 2.05) is 0 Å². The molecule has 0 saturated heterocycles. The van der Waals surface area contributed by atoms with Gasteiger partial charge in [-0.05, 0) is 18.1 Å². The fraction of sp³-hybridized carbons (Fsp3) is 0.200. The molecule has 110 valence electrons. The Bertz CT molecular complexity index is 772. The van der Waals surface area contributed by atoms with E-state index in [9.17, 15) is 19.8 Å². The minimum atomic E-state index is -0.656. The number of benzene rings is 1. The number of hydrogen-bond acceptors (Lipinski definition) is 6. The van der Waals surface area contributed by atoms with Gasteiger partial charge in [-0.15, -0.1) is 6.58 Å². The van der Waals surface area contributed by atoms with Crippen molar-refractivity contribution < 1.29 is 24.2 Å². The predicted octanol–water partition coefficient (Wildman–Crippen LogP) is 1.65. The van der Waals surface area contributed by atoms with E-state index in [0.717, 1.165) is 6.07 Å². The van der Waals surface area contributed by atoms with Gasteiger partial charge < -0.3 is 19.4 Å². The van der Waals surface area contributed by atoms with Crippen LogP contribution in [0.3, 0.4) is 0 Å².